The van der Waals surface area contributed by atoms with E-state index >= 15 is 0 Å². The van der Waals surface area contributed by atoms with E-state index in [2.05, 4.69) is 9.82 Å². The van der Waals surface area contributed by atoms with Crippen LogP contribution in [0, 0.1) is 20.8 Å². The second-order valence-electron chi connectivity index (χ2n) is 6.63. The Hall–Kier alpha value is -2.51. The molecule has 0 aliphatic carbocycles. The highest BCUT2D eigenvalue weighted by atomic mass is 35.5. The minimum Gasteiger partial charge on any atom is -0.496 e. The third-order valence-electron chi connectivity index (χ3n) is 4.73. The molecule has 1 N–H and O–H groups in total. The van der Waals surface area contributed by atoms with E-state index in [1.807, 2.05) is 19.1 Å². The summed E-state index contributed by atoms with van der Waals surface area (Å²) in [6, 6.07) is 10.6. The maximum absolute atomic E-state index is 13.1. The van der Waals surface area contributed by atoms with Crippen molar-refractivity contribution in [3.05, 3.63) is 58.1 Å². The van der Waals surface area contributed by atoms with E-state index in [0.717, 1.165) is 11.1 Å². The van der Waals surface area contributed by atoms with Gasteiger partial charge in [0.1, 0.15) is 11.6 Å². The van der Waals surface area contributed by atoms with Crippen LogP contribution in [0.25, 0.3) is 11.3 Å². The maximum atomic E-state index is 13.1. The Morgan fingerprint density at radius 3 is 2.32 bits per heavy atom. The number of methoxy groups -OCH3 is 1. The lowest BCUT2D eigenvalue weighted by Crippen LogP contribution is -2.18. The van der Waals surface area contributed by atoms with Gasteiger partial charge in [-0.1, -0.05) is 23.7 Å². The number of nitrogens with one attached hydrogen (secondary N) is 1. The molecule has 0 aliphatic heterocycles. The molecule has 0 fully saturated rings. The van der Waals surface area contributed by atoms with E-state index < -0.39 is 10.0 Å². The van der Waals surface area contributed by atoms with Crippen LogP contribution in [0.2, 0.25) is 5.02 Å². The lowest BCUT2D eigenvalue weighted by molar-refractivity contribution is 0.410. The largest absolute Gasteiger partial charge is 0.496 e. The molecular weight excluding hydrogens is 398 g/mol. The van der Waals surface area contributed by atoms with Gasteiger partial charge in [0.05, 0.1) is 17.7 Å². The van der Waals surface area contributed by atoms with Gasteiger partial charge in [0.2, 0.25) is 0 Å². The molecule has 0 unspecified atom stereocenters. The van der Waals surface area contributed by atoms with Gasteiger partial charge >= 0.3 is 0 Å². The molecule has 0 spiro atoms. The van der Waals surface area contributed by atoms with Gasteiger partial charge in [-0.3, -0.25) is 9.40 Å². The summed E-state index contributed by atoms with van der Waals surface area (Å²) < 4.78 is 35.7. The molecule has 6 nitrogen and oxygen atoms in total. The van der Waals surface area contributed by atoms with Crippen LogP contribution < -0.4 is 9.46 Å². The highest BCUT2D eigenvalue weighted by Crippen LogP contribution is 2.32. The number of rotatable bonds is 5. The summed E-state index contributed by atoms with van der Waals surface area (Å²) in [7, 11) is -0.546. The van der Waals surface area contributed by atoms with Gasteiger partial charge in [-0.15, -0.1) is 0 Å². The highest BCUT2D eigenvalue weighted by Gasteiger charge is 2.24. The molecular formula is C20H22ClN3O3S. The topological polar surface area (TPSA) is 73.2 Å². The number of ether oxygens (including phenoxy) is 1. The van der Waals surface area contributed by atoms with Crippen LogP contribution in [0.15, 0.2) is 41.3 Å². The lowest BCUT2D eigenvalue weighted by atomic mass is 10.1. The first-order chi connectivity index (χ1) is 13.1. The first-order valence-corrected chi connectivity index (χ1v) is 10.5. The van der Waals surface area contributed by atoms with Gasteiger partial charge in [-0.2, -0.15) is 5.10 Å². The summed E-state index contributed by atoms with van der Waals surface area (Å²) in [4.78, 5) is 0.250. The van der Waals surface area contributed by atoms with E-state index in [1.165, 1.54) is 4.68 Å². The van der Waals surface area contributed by atoms with E-state index in [-0.39, 0.29) is 4.90 Å². The molecule has 1 heterocycles. The second kappa shape index (κ2) is 7.48. The Kier molecular flexibility index (Phi) is 5.41. The molecule has 148 valence electrons. The lowest BCUT2D eigenvalue weighted by Gasteiger charge is -2.17. The molecule has 0 bridgehead atoms. The standard InChI is InChI=1S/C20H22ClN3O3S/c1-12-10-18(27-5)13(2)14(3)20(12)28(25,26)23-19-11-17(22-24(19)4)15-6-8-16(21)9-7-15/h6-11,23H,1-5H3. The molecule has 28 heavy (non-hydrogen) atoms. The van der Waals surface area contributed by atoms with Crippen molar-refractivity contribution >= 4 is 27.4 Å². The zero-order valence-electron chi connectivity index (χ0n) is 16.4. The molecule has 0 saturated carbocycles. The number of aromatic nitrogens is 2. The number of nitrogens with zero attached hydrogens (tertiary/aromatic N) is 2. The fourth-order valence-corrected chi connectivity index (χ4v) is 4.89. The Balaban J connectivity index is 2.00. The molecule has 1 aromatic heterocycles. The van der Waals surface area contributed by atoms with E-state index in [0.29, 0.717) is 33.4 Å². The average molecular weight is 420 g/mol. The number of sulfonamides is 1. The number of benzene rings is 2. The predicted octanol–water partition coefficient (Wildman–Crippen LogP) is 4.48. The van der Waals surface area contributed by atoms with E-state index in [4.69, 9.17) is 16.3 Å². The molecule has 3 rings (SSSR count). The van der Waals surface area contributed by atoms with Gasteiger partial charge in [-0.05, 0) is 55.7 Å². The van der Waals surface area contributed by atoms with Gasteiger partial charge < -0.3 is 4.74 Å². The highest BCUT2D eigenvalue weighted by molar-refractivity contribution is 7.92. The Morgan fingerprint density at radius 2 is 1.71 bits per heavy atom. The summed E-state index contributed by atoms with van der Waals surface area (Å²) >= 11 is 5.93. The Labute approximate surface area is 170 Å². The van der Waals surface area contributed by atoms with Crippen LogP contribution in [0.3, 0.4) is 0 Å². The van der Waals surface area contributed by atoms with Gasteiger partial charge in [-0.25, -0.2) is 8.42 Å². The molecule has 0 radical (unpaired) electrons. The first-order valence-electron chi connectivity index (χ1n) is 8.61. The summed E-state index contributed by atoms with van der Waals surface area (Å²) in [6.45, 7) is 5.38. The van der Waals surface area contributed by atoms with Crippen molar-refractivity contribution in [3.63, 3.8) is 0 Å². The third kappa shape index (κ3) is 3.72. The Bertz CT molecular complexity index is 1140. The number of anilines is 1. The van der Waals surface area contributed by atoms with Gasteiger partial charge in [0, 0.05) is 23.7 Å². The molecule has 3 aromatic rings. The van der Waals surface area contributed by atoms with E-state index in [1.54, 1.807) is 52.3 Å². The summed E-state index contributed by atoms with van der Waals surface area (Å²) in [6.07, 6.45) is 0. The van der Waals surface area contributed by atoms with Crippen LogP contribution in [-0.4, -0.2) is 25.3 Å². The maximum Gasteiger partial charge on any atom is 0.263 e. The van der Waals surface area contributed by atoms with Crippen molar-refractivity contribution in [3.8, 4) is 17.0 Å². The van der Waals surface area contributed by atoms with Crippen molar-refractivity contribution < 1.29 is 13.2 Å². The molecule has 0 amide bonds. The van der Waals surface area contributed by atoms with Crippen LogP contribution in [0.5, 0.6) is 5.75 Å². The number of hydrogen-bond donors (Lipinski definition) is 1. The molecule has 8 heteroatoms. The fourth-order valence-electron chi connectivity index (χ4n) is 3.16. The summed E-state index contributed by atoms with van der Waals surface area (Å²) in [5, 5.41) is 5.03. The van der Waals surface area contributed by atoms with Crippen LogP contribution >= 0.6 is 11.6 Å². The normalized spacial score (nSPS) is 11.5. The molecule has 2 aromatic carbocycles. The second-order valence-corrected chi connectivity index (χ2v) is 8.68. The summed E-state index contributed by atoms with van der Waals surface area (Å²) in [5.74, 6) is 1.04. The molecule has 0 saturated heterocycles. The number of halogens is 1. The minimum absolute atomic E-state index is 0.250. The fraction of sp³-hybridized carbons (Fsp3) is 0.250. The SMILES string of the molecule is COc1cc(C)c(S(=O)(=O)Nc2cc(-c3ccc(Cl)cc3)nn2C)c(C)c1C. The predicted molar refractivity (Wildman–Crippen MR) is 112 cm³/mol. The third-order valence-corrected chi connectivity index (χ3v) is 6.62. The van der Waals surface area contributed by atoms with Crippen molar-refractivity contribution in [2.75, 3.05) is 11.8 Å². The summed E-state index contributed by atoms with van der Waals surface area (Å²) in [5.41, 5.74) is 3.56. The zero-order chi connectivity index (χ0) is 20.6. The van der Waals surface area contributed by atoms with Crippen LogP contribution in [0.4, 0.5) is 5.82 Å². The average Bonchev–Trinajstić information content (AvgIpc) is 2.98. The van der Waals surface area contributed by atoms with E-state index in [9.17, 15) is 8.42 Å². The van der Waals surface area contributed by atoms with Crippen molar-refractivity contribution in [1.82, 2.24) is 9.78 Å². The quantitative estimate of drug-likeness (QED) is 0.661. The van der Waals surface area contributed by atoms with Gasteiger partial charge in [0.25, 0.3) is 10.0 Å². The zero-order valence-corrected chi connectivity index (χ0v) is 17.9. The number of aryl methyl sites for hydroxylation is 2. The van der Waals surface area contributed by atoms with Crippen molar-refractivity contribution in [2.45, 2.75) is 25.7 Å². The van der Waals surface area contributed by atoms with Gasteiger partial charge in [0.15, 0.2) is 0 Å². The first kappa shape index (κ1) is 20.2. The number of hydrogen-bond acceptors (Lipinski definition) is 4. The van der Waals surface area contributed by atoms with Crippen LogP contribution in [0.1, 0.15) is 16.7 Å². The minimum atomic E-state index is -3.81. The molecule has 0 aliphatic rings. The van der Waals surface area contributed by atoms with Crippen LogP contribution in [-0.2, 0) is 17.1 Å². The monoisotopic (exact) mass is 419 g/mol. The van der Waals surface area contributed by atoms with Crippen molar-refractivity contribution in [2.24, 2.45) is 7.05 Å². The molecule has 0 atom stereocenters. The smallest absolute Gasteiger partial charge is 0.263 e. The Morgan fingerprint density at radius 1 is 1.07 bits per heavy atom. The van der Waals surface area contributed by atoms with Crippen molar-refractivity contribution in [1.29, 1.82) is 0 Å².